The lowest BCUT2D eigenvalue weighted by molar-refractivity contribution is -0.141. The Labute approximate surface area is 94.9 Å². The highest BCUT2D eigenvalue weighted by molar-refractivity contribution is 5.87. The van der Waals surface area contributed by atoms with Gasteiger partial charge in [0.05, 0.1) is 18.5 Å². The van der Waals surface area contributed by atoms with Crippen LogP contribution in [0.5, 0.6) is 0 Å². The molecule has 0 aliphatic carbocycles. The average molecular weight is 246 g/mol. The second-order valence-corrected chi connectivity index (χ2v) is 3.03. The van der Waals surface area contributed by atoms with E-state index in [-0.39, 0.29) is 11.4 Å². The highest BCUT2D eigenvalue weighted by Gasteiger charge is 2.32. The van der Waals surface area contributed by atoms with Gasteiger partial charge in [-0.05, 0) is 18.2 Å². The Kier molecular flexibility index (Phi) is 3.72. The Hall–Kier alpha value is -2.05. The topological polar surface area (TPSA) is 65.2 Å². The second kappa shape index (κ2) is 4.86. The number of pyridine rings is 1. The third-order valence-electron chi connectivity index (χ3n) is 1.83. The highest BCUT2D eigenvalue weighted by Crippen LogP contribution is 2.28. The first-order valence-corrected chi connectivity index (χ1v) is 4.44. The standard InChI is InChI=1S/C10H9F3N2O2/c1-17-9(16)5-3-7-6(14)2-4-8(15-7)10(11,12)13/h2-5H,14H2,1H3/b5-3+. The van der Waals surface area contributed by atoms with E-state index in [1.165, 1.54) is 0 Å². The lowest BCUT2D eigenvalue weighted by Gasteiger charge is -2.07. The number of ether oxygens (including phenoxy) is 1. The lowest BCUT2D eigenvalue weighted by Crippen LogP contribution is -2.09. The van der Waals surface area contributed by atoms with Crippen LogP contribution in [0.15, 0.2) is 18.2 Å². The summed E-state index contributed by atoms with van der Waals surface area (Å²) in [5.74, 6) is -0.705. The Morgan fingerprint density at radius 1 is 1.47 bits per heavy atom. The van der Waals surface area contributed by atoms with Crippen molar-refractivity contribution in [3.8, 4) is 0 Å². The van der Waals surface area contributed by atoms with Crippen molar-refractivity contribution in [3.63, 3.8) is 0 Å². The van der Waals surface area contributed by atoms with Crippen molar-refractivity contribution in [2.24, 2.45) is 0 Å². The van der Waals surface area contributed by atoms with E-state index < -0.39 is 17.8 Å². The lowest BCUT2D eigenvalue weighted by atomic mass is 10.2. The van der Waals surface area contributed by atoms with Gasteiger partial charge in [0.25, 0.3) is 0 Å². The molecule has 0 spiro atoms. The fourth-order valence-corrected chi connectivity index (χ4v) is 0.992. The van der Waals surface area contributed by atoms with Gasteiger partial charge in [-0.3, -0.25) is 0 Å². The first-order valence-electron chi connectivity index (χ1n) is 4.44. The van der Waals surface area contributed by atoms with E-state index in [1.54, 1.807) is 0 Å². The molecule has 7 heteroatoms. The van der Waals surface area contributed by atoms with E-state index in [4.69, 9.17) is 5.73 Å². The first-order chi connectivity index (χ1) is 7.84. The first kappa shape index (κ1) is 13.0. The van der Waals surface area contributed by atoms with E-state index in [0.29, 0.717) is 0 Å². The predicted octanol–water partition coefficient (Wildman–Crippen LogP) is 1.87. The van der Waals surface area contributed by atoms with Gasteiger partial charge < -0.3 is 10.5 Å². The molecular formula is C10H9F3N2O2. The van der Waals surface area contributed by atoms with E-state index in [2.05, 4.69) is 9.72 Å². The molecule has 17 heavy (non-hydrogen) atoms. The second-order valence-electron chi connectivity index (χ2n) is 3.03. The smallest absolute Gasteiger partial charge is 0.433 e. The van der Waals surface area contributed by atoms with Gasteiger partial charge in [0.1, 0.15) is 5.69 Å². The maximum absolute atomic E-state index is 12.3. The molecule has 2 N–H and O–H groups in total. The molecule has 0 aromatic carbocycles. The molecule has 0 aliphatic rings. The number of nitrogen functional groups attached to an aromatic ring is 1. The van der Waals surface area contributed by atoms with Crippen LogP contribution in [0, 0.1) is 0 Å². The van der Waals surface area contributed by atoms with Crippen LogP contribution in [-0.4, -0.2) is 18.1 Å². The molecule has 0 saturated carbocycles. The minimum Gasteiger partial charge on any atom is -0.466 e. The van der Waals surface area contributed by atoms with Gasteiger partial charge in [-0.15, -0.1) is 0 Å². The van der Waals surface area contributed by atoms with Gasteiger partial charge in [-0.1, -0.05) is 0 Å². The molecule has 4 nitrogen and oxygen atoms in total. The Bertz CT molecular complexity index is 455. The quantitative estimate of drug-likeness (QED) is 0.639. The average Bonchev–Trinajstić information content (AvgIpc) is 2.26. The molecule has 0 atom stereocenters. The fraction of sp³-hybridized carbons (Fsp3) is 0.200. The van der Waals surface area contributed by atoms with Gasteiger partial charge in [-0.2, -0.15) is 13.2 Å². The van der Waals surface area contributed by atoms with E-state index in [1.807, 2.05) is 0 Å². The third kappa shape index (κ3) is 3.47. The zero-order valence-corrected chi connectivity index (χ0v) is 8.78. The van der Waals surface area contributed by atoms with Crippen molar-refractivity contribution in [2.75, 3.05) is 12.8 Å². The molecule has 1 aromatic heterocycles. The number of nitrogens with zero attached hydrogens (tertiary/aromatic N) is 1. The maximum atomic E-state index is 12.3. The van der Waals surface area contributed by atoms with Crippen molar-refractivity contribution in [1.82, 2.24) is 4.98 Å². The van der Waals surface area contributed by atoms with E-state index in [9.17, 15) is 18.0 Å². The summed E-state index contributed by atoms with van der Waals surface area (Å²) < 4.78 is 41.3. The molecule has 0 radical (unpaired) electrons. The van der Waals surface area contributed by atoms with Crippen LogP contribution >= 0.6 is 0 Å². The Balaban J connectivity index is 3.07. The molecular weight excluding hydrogens is 237 g/mol. The summed E-state index contributed by atoms with van der Waals surface area (Å²) >= 11 is 0. The number of carbonyl (C=O) groups excluding carboxylic acids is 1. The number of alkyl halides is 3. The maximum Gasteiger partial charge on any atom is 0.433 e. The van der Waals surface area contributed by atoms with Crippen LogP contribution in [0.2, 0.25) is 0 Å². The highest BCUT2D eigenvalue weighted by atomic mass is 19.4. The van der Waals surface area contributed by atoms with E-state index in [0.717, 1.165) is 31.4 Å². The molecule has 0 amide bonds. The van der Waals surface area contributed by atoms with Crippen molar-refractivity contribution >= 4 is 17.7 Å². The SMILES string of the molecule is COC(=O)/C=C/c1nc(C(F)(F)F)ccc1N. The van der Waals surface area contributed by atoms with Crippen LogP contribution in [0.3, 0.4) is 0 Å². The summed E-state index contributed by atoms with van der Waals surface area (Å²) in [4.78, 5) is 14.1. The summed E-state index contributed by atoms with van der Waals surface area (Å²) in [6.45, 7) is 0. The molecule has 0 fully saturated rings. The zero-order chi connectivity index (χ0) is 13.1. The van der Waals surface area contributed by atoms with Gasteiger partial charge >= 0.3 is 12.1 Å². The molecule has 0 bridgehead atoms. The summed E-state index contributed by atoms with van der Waals surface area (Å²) in [5, 5.41) is 0. The van der Waals surface area contributed by atoms with Crippen molar-refractivity contribution in [3.05, 3.63) is 29.6 Å². The minimum atomic E-state index is -4.55. The minimum absolute atomic E-state index is 0.0400. The molecule has 1 rings (SSSR count). The van der Waals surface area contributed by atoms with Crippen molar-refractivity contribution < 1.29 is 22.7 Å². The summed E-state index contributed by atoms with van der Waals surface area (Å²) in [7, 11) is 1.15. The number of esters is 1. The van der Waals surface area contributed by atoms with Crippen LogP contribution in [0.1, 0.15) is 11.4 Å². The molecule has 0 unspecified atom stereocenters. The number of hydrogen-bond donors (Lipinski definition) is 1. The third-order valence-corrected chi connectivity index (χ3v) is 1.83. The fourth-order valence-electron chi connectivity index (χ4n) is 0.992. The Morgan fingerprint density at radius 3 is 2.65 bits per heavy atom. The van der Waals surface area contributed by atoms with E-state index >= 15 is 0 Å². The van der Waals surface area contributed by atoms with Gasteiger partial charge in [0.2, 0.25) is 0 Å². The number of nitrogens with two attached hydrogens (primary N) is 1. The van der Waals surface area contributed by atoms with Crippen LogP contribution in [-0.2, 0) is 15.7 Å². The molecule has 0 aliphatic heterocycles. The van der Waals surface area contributed by atoms with Gasteiger partial charge in [0.15, 0.2) is 0 Å². The number of aromatic nitrogens is 1. The number of methoxy groups -OCH3 is 1. The number of rotatable bonds is 2. The van der Waals surface area contributed by atoms with Crippen LogP contribution in [0.4, 0.5) is 18.9 Å². The number of halogens is 3. The number of carbonyl (C=O) groups is 1. The van der Waals surface area contributed by atoms with Crippen LogP contribution in [0.25, 0.3) is 6.08 Å². The number of anilines is 1. The van der Waals surface area contributed by atoms with Crippen molar-refractivity contribution in [1.29, 1.82) is 0 Å². The van der Waals surface area contributed by atoms with Gasteiger partial charge in [-0.25, -0.2) is 9.78 Å². The van der Waals surface area contributed by atoms with Crippen LogP contribution < -0.4 is 5.73 Å². The largest absolute Gasteiger partial charge is 0.466 e. The molecule has 92 valence electrons. The summed E-state index contributed by atoms with van der Waals surface area (Å²) in [6, 6.07) is 1.84. The van der Waals surface area contributed by atoms with Gasteiger partial charge in [0, 0.05) is 6.08 Å². The summed E-state index contributed by atoms with van der Waals surface area (Å²) in [5.41, 5.74) is 4.26. The molecule has 1 heterocycles. The Morgan fingerprint density at radius 2 is 2.12 bits per heavy atom. The predicted molar refractivity (Wildman–Crippen MR) is 54.7 cm³/mol. The zero-order valence-electron chi connectivity index (χ0n) is 8.78. The normalized spacial score (nSPS) is 11.8. The molecule has 1 aromatic rings. The number of hydrogen-bond acceptors (Lipinski definition) is 4. The summed E-state index contributed by atoms with van der Waals surface area (Å²) in [6.07, 6.45) is -2.54. The monoisotopic (exact) mass is 246 g/mol. The molecule has 0 saturated heterocycles. The van der Waals surface area contributed by atoms with Crippen molar-refractivity contribution in [2.45, 2.75) is 6.18 Å².